The summed E-state index contributed by atoms with van der Waals surface area (Å²) in [6.07, 6.45) is 5.94. The molecule has 0 aliphatic rings. The van der Waals surface area contributed by atoms with Gasteiger partial charge in [-0.3, -0.25) is 4.98 Å². The Morgan fingerprint density at radius 3 is 3.06 bits per heavy atom. The number of fused-ring (bicyclic) bond motifs is 1. The van der Waals surface area contributed by atoms with E-state index in [-0.39, 0.29) is 6.61 Å². The van der Waals surface area contributed by atoms with Crippen molar-refractivity contribution in [1.82, 2.24) is 20.0 Å². The van der Waals surface area contributed by atoms with Crippen molar-refractivity contribution in [2.24, 2.45) is 0 Å². The zero-order valence-electron chi connectivity index (χ0n) is 9.69. The molecule has 18 heavy (non-hydrogen) atoms. The number of aliphatic hydroxyl groups is 1. The lowest BCUT2D eigenvalue weighted by Crippen LogP contribution is -1.96. The number of hydrogen-bond acceptors (Lipinski definition) is 4. The van der Waals surface area contributed by atoms with E-state index in [1.807, 2.05) is 36.7 Å². The van der Waals surface area contributed by atoms with Crippen molar-refractivity contribution >= 4 is 10.8 Å². The van der Waals surface area contributed by atoms with Crippen molar-refractivity contribution in [2.45, 2.75) is 6.42 Å². The molecule has 0 amide bonds. The van der Waals surface area contributed by atoms with Crippen LogP contribution in [-0.4, -0.2) is 31.7 Å². The fourth-order valence-corrected chi connectivity index (χ4v) is 1.95. The molecule has 0 saturated carbocycles. The summed E-state index contributed by atoms with van der Waals surface area (Å²) in [4.78, 5) is 4.10. The Morgan fingerprint density at radius 2 is 2.17 bits per heavy atom. The summed E-state index contributed by atoms with van der Waals surface area (Å²) in [5.74, 6) is 0. The van der Waals surface area contributed by atoms with Gasteiger partial charge < -0.3 is 5.11 Å². The highest BCUT2D eigenvalue weighted by Crippen LogP contribution is 2.20. The van der Waals surface area contributed by atoms with E-state index in [1.54, 1.807) is 10.9 Å². The van der Waals surface area contributed by atoms with E-state index in [2.05, 4.69) is 15.3 Å². The summed E-state index contributed by atoms with van der Waals surface area (Å²) in [5.41, 5.74) is 1.75. The Labute approximate surface area is 104 Å². The van der Waals surface area contributed by atoms with E-state index in [0.29, 0.717) is 6.42 Å². The molecule has 0 atom stereocenters. The molecule has 90 valence electrons. The minimum absolute atomic E-state index is 0.0815. The number of rotatable bonds is 3. The molecule has 0 saturated heterocycles. The molecule has 5 heteroatoms. The number of nitrogens with zero attached hydrogens (tertiary/aromatic N) is 4. The SMILES string of the molecule is OCCc1cn(-c2cccc3cnccc23)nn1. The van der Waals surface area contributed by atoms with E-state index < -0.39 is 0 Å². The molecule has 0 radical (unpaired) electrons. The Balaban J connectivity index is 2.12. The van der Waals surface area contributed by atoms with Gasteiger partial charge in [-0.05, 0) is 12.1 Å². The smallest absolute Gasteiger partial charge is 0.0854 e. The van der Waals surface area contributed by atoms with Gasteiger partial charge in [0, 0.05) is 36.2 Å². The lowest BCUT2D eigenvalue weighted by atomic mass is 10.1. The van der Waals surface area contributed by atoms with Crippen LogP contribution >= 0.6 is 0 Å². The van der Waals surface area contributed by atoms with Gasteiger partial charge >= 0.3 is 0 Å². The highest BCUT2D eigenvalue weighted by Gasteiger charge is 2.06. The molecule has 2 aromatic heterocycles. The highest BCUT2D eigenvalue weighted by molar-refractivity contribution is 5.89. The molecule has 1 aromatic carbocycles. The Morgan fingerprint density at radius 1 is 1.22 bits per heavy atom. The van der Waals surface area contributed by atoms with Gasteiger partial charge in [0.05, 0.1) is 17.6 Å². The molecule has 0 unspecified atom stereocenters. The fourth-order valence-electron chi connectivity index (χ4n) is 1.95. The minimum atomic E-state index is 0.0815. The molecule has 3 aromatic rings. The summed E-state index contributed by atoms with van der Waals surface area (Å²) >= 11 is 0. The molecule has 0 fully saturated rings. The quantitative estimate of drug-likeness (QED) is 0.750. The summed E-state index contributed by atoms with van der Waals surface area (Å²) in [5, 5.41) is 19.1. The third-order valence-corrected chi connectivity index (χ3v) is 2.81. The van der Waals surface area contributed by atoms with Gasteiger partial charge in [-0.15, -0.1) is 5.10 Å². The molecule has 3 rings (SSSR count). The zero-order valence-corrected chi connectivity index (χ0v) is 9.69. The first kappa shape index (κ1) is 10.9. The van der Waals surface area contributed by atoms with Gasteiger partial charge in [0.1, 0.15) is 0 Å². The van der Waals surface area contributed by atoms with Gasteiger partial charge in [0.25, 0.3) is 0 Å². The van der Waals surface area contributed by atoms with Crippen LogP contribution in [-0.2, 0) is 6.42 Å². The summed E-state index contributed by atoms with van der Waals surface area (Å²) in [7, 11) is 0. The molecule has 0 bridgehead atoms. The Kier molecular flexibility index (Phi) is 2.74. The molecule has 0 spiro atoms. The van der Waals surface area contributed by atoms with E-state index in [4.69, 9.17) is 5.11 Å². The molecule has 2 heterocycles. The minimum Gasteiger partial charge on any atom is -0.396 e. The maximum atomic E-state index is 8.89. The topological polar surface area (TPSA) is 63.8 Å². The summed E-state index contributed by atoms with van der Waals surface area (Å²) in [6.45, 7) is 0.0815. The van der Waals surface area contributed by atoms with Gasteiger partial charge in [-0.1, -0.05) is 17.3 Å². The normalized spacial score (nSPS) is 10.9. The maximum absolute atomic E-state index is 8.89. The van der Waals surface area contributed by atoms with Gasteiger partial charge in [0.2, 0.25) is 0 Å². The van der Waals surface area contributed by atoms with Crippen LogP contribution < -0.4 is 0 Å². The van der Waals surface area contributed by atoms with Crippen LogP contribution in [0.15, 0.2) is 42.9 Å². The fraction of sp³-hybridized carbons (Fsp3) is 0.154. The van der Waals surface area contributed by atoms with Crippen LogP contribution in [0.25, 0.3) is 16.5 Å². The lowest BCUT2D eigenvalue weighted by Gasteiger charge is -2.04. The second-order valence-corrected chi connectivity index (χ2v) is 4.00. The molecule has 0 aliphatic carbocycles. The molecule has 0 aliphatic heterocycles. The van der Waals surface area contributed by atoms with E-state index in [0.717, 1.165) is 22.2 Å². The first-order valence-corrected chi connectivity index (χ1v) is 5.73. The average Bonchev–Trinajstić information content (AvgIpc) is 2.87. The van der Waals surface area contributed by atoms with Crippen molar-refractivity contribution in [3.8, 4) is 5.69 Å². The van der Waals surface area contributed by atoms with Gasteiger partial charge in [0.15, 0.2) is 0 Å². The van der Waals surface area contributed by atoms with E-state index in [1.165, 1.54) is 0 Å². The summed E-state index contributed by atoms with van der Waals surface area (Å²) < 4.78 is 1.73. The van der Waals surface area contributed by atoms with E-state index in [9.17, 15) is 0 Å². The second kappa shape index (κ2) is 4.54. The zero-order chi connectivity index (χ0) is 12.4. The molecular formula is C13H12N4O. The van der Waals surface area contributed by atoms with Crippen LogP contribution in [0.4, 0.5) is 0 Å². The summed E-state index contributed by atoms with van der Waals surface area (Å²) in [6, 6.07) is 7.92. The standard InChI is InChI=1S/C13H12N4O/c18-7-5-11-9-17(16-15-11)13-3-1-2-10-8-14-6-4-12(10)13/h1-4,6,8-9,18H,5,7H2. The van der Waals surface area contributed by atoms with Crippen molar-refractivity contribution < 1.29 is 5.11 Å². The predicted molar refractivity (Wildman–Crippen MR) is 67.4 cm³/mol. The number of hydrogen-bond donors (Lipinski definition) is 1. The first-order valence-electron chi connectivity index (χ1n) is 5.73. The molecule has 5 nitrogen and oxygen atoms in total. The first-order chi connectivity index (χ1) is 8.88. The number of benzene rings is 1. The predicted octanol–water partition coefficient (Wildman–Crippen LogP) is 1.35. The highest BCUT2D eigenvalue weighted by atomic mass is 16.3. The Hall–Kier alpha value is -2.27. The third kappa shape index (κ3) is 1.84. The molecule has 1 N–H and O–H groups in total. The van der Waals surface area contributed by atoms with Crippen molar-refractivity contribution in [2.75, 3.05) is 6.61 Å². The van der Waals surface area contributed by atoms with Crippen molar-refractivity contribution in [1.29, 1.82) is 0 Å². The maximum Gasteiger partial charge on any atom is 0.0854 e. The third-order valence-electron chi connectivity index (χ3n) is 2.81. The van der Waals surface area contributed by atoms with Crippen molar-refractivity contribution in [3.05, 3.63) is 48.5 Å². The van der Waals surface area contributed by atoms with E-state index >= 15 is 0 Å². The number of aliphatic hydroxyl groups excluding tert-OH is 1. The van der Waals surface area contributed by atoms with Gasteiger partial charge in [-0.25, -0.2) is 4.68 Å². The van der Waals surface area contributed by atoms with Crippen molar-refractivity contribution in [3.63, 3.8) is 0 Å². The average molecular weight is 240 g/mol. The number of pyridine rings is 1. The van der Waals surface area contributed by atoms with Crippen LogP contribution in [0, 0.1) is 0 Å². The monoisotopic (exact) mass is 240 g/mol. The van der Waals surface area contributed by atoms with Crippen LogP contribution in [0.1, 0.15) is 5.69 Å². The van der Waals surface area contributed by atoms with Gasteiger partial charge in [-0.2, -0.15) is 0 Å². The number of aromatic nitrogens is 4. The van der Waals surface area contributed by atoms with Crippen LogP contribution in [0.5, 0.6) is 0 Å². The largest absolute Gasteiger partial charge is 0.396 e. The Bertz CT molecular complexity index is 672. The second-order valence-electron chi connectivity index (χ2n) is 4.00. The lowest BCUT2D eigenvalue weighted by molar-refractivity contribution is 0.298. The van der Waals surface area contributed by atoms with Crippen LogP contribution in [0.2, 0.25) is 0 Å². The van der Waals surface area contributed by atoms with Crippen LogP contribution in [0.3, 0.4) is 0 Å². The molecular weight excluding hydrogens is 228 g/mol.